The van der Waals surface area contributed by atoms with Gasteiger partial charge in [0.25, 0.3) is 0 Å². The Morgan fingerprint density at radius 2 is 0.200 bits per heavy atom. The Morgan fingerprint density at radius 3 is 0.200 bits per heavy atom. The van der Waals surface area contributed by atoms with E-state index < -0.39 is 36.6 Å². The third-order valence-corrected chi connectivity index (χ3v) is 0. The van der Waals surface area contributed by atoms with Crippen LogP contribution in [0.3, 0.4) is 0 Å². The van der Waals surface area contributed by atoms with Gasteiger partial charge in [-0.05, 0) is 0 Å². The third-order valence-electron chi connectivity index (χ3n) is 0. The van der Waals surface area contributed by atoms with Crippen molar-refractivity contribution >= 4 is 36.6 Å². The van der Waals surface area contributed by atoms with Crippen molar-refractivity contribution in [3.63, 3.8) is 0 Å². The van der Waals surface area contributed by atoms with Crippen molar-refractivity contribution in [2.75, 3.05) is 0 Å². The van der Waals surface area contributed by atoms with Crippen LogP contribution in [0.4, 0.5) is 0 Å². The number of hydrogen-bond donors (Lipinski definition) is 20. The van der Waals surface area contributed by atoms with Crippen LogP contribution in [0.5, 0.6) is 0 Å². The first-order chi connectivity index (χ1) is 8.66. The molecule has 0 bridgehead atoms. The highest BCUT2D eigenvalue weighted by Gasteiger charge is 1.94. The Labute approximate surface area is 144 Å². The second kappa shape index (κ2) is 56.6. The minimum atomic E-state index is -2.17. The average molecular weight is 394 g/mol. The van der Waals surface area contributed by atoms with Gasteiger partial charge in [0.15, 0.2) is 0 Å². The fourth-order valence-electron chi connectivity index (χ4n) is 0. The van der Waals surface area contributed by atoms with Gasteiger partial charge in [0.05, 0.1) is 0 Å². The molecule has 0 saturated carbocycles. The summed E-state index contributed by atoms with van der Waals surface area (Å²) in [5.41, 5.74) is 0. The highest BCUT2D eigenvalue weighted by Crippen LogP contribution is 1.41. The molecule has 0 aliphatic carbocycles. The summed E-state index contributed by atoms with van der Waals surface area (Å²) in [5.74, 6) is 0. The van der Waals surface area contributed by atoms with Gasteiger partial charge in [0.1, 0.15) is 0 Å². The first-order valence-electron chi connectivity index (χ1n) is 3.87. The predicted octanol–water partition coefficient (Wildman–Crippen LogP) is -9.45. The van der Waals surface area contributed by atoms with Crippen LogP contribution in [0.1, 0.15) is 0 Å². The molecule has 0 amide bonds. The summed E-state index contributed by atoms with van der Waals surface area (Å²) < 4.78 is 0. The summed E-state index contributed by atoms with van der Waals surface area (Å²) >= 11 is 0. The maximum Gasteiger partial charge on any atom is 0.631 e. The first-order valence-corrected chi connectivity index (χ1v) is 3.87. The van der Waals surface area contributed by atoms with Gasteiger partial charge in [-0.15, -0.1) is 0 Å². The molecule has 160 valence electrons. The lowest BCUT2D eigenvalue weighted by molar-refractivity contribution is 0.276. The van der Waals surface area contributed by atoms with Crippen molar-refractivity contribution in [2.24, 2.45) is 0 Å². The molecular weight excluding hydrogens is 364 g/mol. The molecule has 0 atom stereocenters. The molecular formula is H30B5N5O15. The standard InChI is InChI=1S/5BH3O3.5H3N/c5*2-1(3)4;;;;;/h5*2-4H;5*1H3. The second-order valence-electron chi connectivity index (χ2n) is 1.73. The van der Waals surface area contributed by atoms with Gasteiger partial charge in [-0.1, -0.05) is 0 Å². The second-order valence-corrected chi connectivity index (χ2v) is 1.73. The van der Waals surface area contributed by atoms with Crippen molar-refractivity contribution < 1.29 is 75.4 Å². The maximum atomic E-state index is 7.17. The van der Waals surface area contributed by atoms with E-state index in [1.54, 1.807) is 0 Å². The molecule has 20 nitrogen and oxygen atoms in total. The van der Waals surface area contributed by atoms with Crippen LogP contribution in [0.15, 0.2) is 0 Å². The summed E-state index contributed by atoms with van der Waals surface area (Å²) in [7, 11) is -10.8. The molecule has 0 unspecified atom stereocenters. The van der Waals surface area contributed by atoms with Gasteiger partial charge in [0.2, 0.25) is 0 Å². The lowest BCUT2D eigenvalue weighted by Crippen LogP contribution is -2.07. The van der Waals surface area contributed by atoms with Crippen LogP contribution in [0.25, 0.3) is 0 Å². The Hall–Kier alpha value is -0.475. The molecule has 0 radical (unpaired) electrons. The van der Waals surface area contributed by atoms with Gasteiger partial charge in [0, 0.05) is 0 Å². The zero-order chi connectivity index (χ0) is 17.9. The van der Waals surface area contributed by atoms with Crippen LogP contribution in [-0.4, -0.2) is 112 Å². The van der Waals surface area contributed by atoms with Crippen molar-refractivity contribution in [3.05, 3.63) is 0 Å². The SMILES string of the molecule is N.N.N.N.N.OB(O)O.OB(O)O.OB(O)O.OB(O)O.OB(O)O. The molecule has 0 aromatic rings. The molecule has 30 N–H and O–H groups in total. The minimum Gasteiger partial charge on any atom is -0.402 e. The summed E-state index contributed by atoms with van der Waals surface area (Å²) in [4.78, 5) is 0. The fraction of sp³-hybridized carbons (Fsp3) is 0. The van der Waals surface area contributed by atoms with Crippen molar-refractivity contribution in [1.82, 2.24) is 30.8 Å². The van der Waals surface area contributed by atoms with E-state index in [2.05, 4.69) is 0 Å². The van der Waals surface area contributed by atoms with Crippen LogP contribution in [-0.2, 0) is 0 Å². The molecule has 0 aliphatic rings. The zero-order valence-electron chi connectivity index (χ0n) is 13.1. The zero-order valence-corrected chi connectivity index (χ0v) is 13.1. The monoisotopic (exact) mass is 395 g/mol. The minimum absolute atomic E-state index is 0. The van der Waals surface area contributed by atoms with Gasteiger partial charge in [-0.2, -0.15) is 0 Å². The normalized spacial score (nSPS) is 5.40. The van der Waals surface area contributed by atoms with Gasteiger partial charge in [-0.3, -0.25) is 0 Å². The lowest BCUT2D eigenvalue weighted by atomic mass is 10.3. The Kier molecular flexibility index (Phi) is 146. The quantitative estimate of drug-likeness (QED) is 0.169. The van der Waals surface area contributed by atoms with Crippen LogP contribution in [0.2, 0.25) is 0 Å². The van der Waals surface area contributed by atoms with E-state index in [4.69, 9.17) is 75.4 Å². The molecule has 0 fully saturated rings. The predicted molar refractivity (Wildman–Crippen MR) is 87.2 cm³/mol. The topological polar surface area (TPSA) is 478 Å². The molecule has 0 aliphatic heterocycles. The van der Waals surface area contributed by atoms with Gasteiger partial charge in [-0.25, -0.2) is 0 Å². The molecule has 0 rings (SSSR count). The smallest absolute Gasteiger partial charge is 0.402 e. The summed E-state index contributed by atoms with van der Waals surface area (Å²) in [6.07, 6.45) is 0. The van der Waals surface area contributed by atoms with Crippen molar-refractivity contribution in [1.29, 1.82) is 0 Å². The summed E-state index contributed by atoms with van der Waals surface area (Å²) in [5, 5.41) is 108. The van der Waals surface area contributed by atoms with E-state index >= 15 is 0 Å². The Morgan fingerprint density at radius 1 is 0.200 bits per heavy atom. The van der Waals surface area contributed by atoms with Crippen LogP contribution < -0.4 is 30.8 Å². The molecule has 0 aromatic carbocycles. The van der Waals surface area contributed by atoms with Gasteiger partial charge < -0.3 is 106 Å². The van der Waals surface area contributed by atoms with Crippen LogP contribution >= 0.6 is 0 Å². The average Bonchev–Trinajstić information content (AvgIpc) is 1.94. The molecule has 0 spiro atoms. The molecule has 0 saturated heterocycles. The third kappa shape index (κ3) is 48200. The van der Waals surface area contributed by atoms with E-state index in [0.717, 1.165) is 0 Å². The molecule has 25 heteroatoms. The number of rotatable bonds is 0. The fourth-order valence-corrected chi connectivity index (χ4v) is 0. The van der Waals surface area contributed by atoms with Crippen molar-refractivity contribution in [3.8, 4) is 0 Å². The molecule has 0 aromatic heterocycles. The highest BCUT2D eigenvalue weighted by atomic mass is 16.5. The van der Waals surface area contributed by atoms with E-state index in [1.165, 1.54) is 0 Å². The van der Waals surface area contributed by atoms with Crippen LogP contribution in [0, 0.1) is 0 Å². The first kappa shape index (κ1) is 64.3. The lowest BCUT2D eigenvalue weighted by Gasteiger charge is -1.69. The van der Waals surface area contributed by atoms with E-state index in [9.17, 15) is 0 Å². The highest BCUT2D eigenvalue weighted by molar-refractivity contribution is 6.31. The summed E-state index contributed by atoms with van der Waals surface area (Å²) in [6, 6.07) is 0. The largest absolute Gasteiger partial charge is 0.631 e. The summed E-state index contributed by atoms with van der Waals surface area (Å²) in [6.45, 7) is 0. The molecule has 25 heavy (non-hydrogen) atoms. The Bertz CT molecular complexity index is 92.9. The van der Waals surface area contributed by atoms with E-state index in [1.807, 2.05) is 0 Å². The molecule has 0 heterocycles. The van der Waals surface area contributed by atoms with E-state index in [-0.39, 0.29) is 30.8 Å². The van der Waals surface area contributed by atoms with E-state index in [0.29, 0.717) is 0 Å². The number of hydrogen-bond acceptors (Lipinski definition) is 20. The van der Waals surface area contributed by atoms with Crippen molar-refractivity contribution in [2.45, 2.75) is 0 Å². The maximum absolute atomic E-state index is 7.17. The Balaban J connectivity index is -0.0000000134. The van der Waals surface area contributed by atoms with Gasteiger partial charge >= 0.3 is 36.6 Å².